The van der Waals surface area contributed by atoms with Crippen LogP contribution in [0.3, 0.4) is 0 Å². The number of aliphatic hydroxyl groups excluding tert-OH is 1. The van der Waals surface area contributed by atoms with E-state index in [2.05, 4.69) is 13.8 Å². The second-order valence-electron chi connectivity index (χ2n) is 5.34. The van der Waals surface area contributed by atoms with Crippen LogP contribution in [-0.4, -0.2) is 50.0 Å². The molecule has 0 spiro atoms. The quantitative estimate of drug-likeness (QED) is 0.562. The van der Waals surface area contributed by atoms with E-state index in [0.29, 0.717) is 6.54 Å². The predicted octanol–water partition coefficient (Wildman–Crippen LogP) is 2.02. The second-order valence-corrected chi connectivity index (χ2v) is 5.34. The maximum absolute atomic E-state index is 10.4. The fraction of sp³-hybridized carbons (Fsp3) is 0.917. The first-order chi connectivity index (χ1) is 7.35. The van der Waals surface area contributed by atoms with Gasteiger partial charge in [-0.2, -0.15) is 9.64 Å². The first-order valence-corrected chi connectivity index (χ1v) is 6.08. The summed E-state index contributed by atoms with van der Waals surface area (Å²) in [6, 6.07) is 0.0899. The fourth-order valence-electron chi connectivity index (χ4n) is 2.60. The summed E-state index contributed by atoms with van der Waals surface area (Å²) < 4.78 is 1.92. The van der Waals surface area contributed by atoms with E-state index in [1.54, 1.807) is 0 Å². The molecule has 1 aliphatic heterocycles. The Morgan fingerprint density at radius 3 is 2.31 bits per heavy atom. The van der Waals surface area contributed by atoms with Gasteiger partial charge in [0.05, 0.1) is 0 Å². The molecular formula is C12H25N2O2+. The van der Waals surface area contributed by atoms with Crippen molar-refractivity contribution < 1.29 is 14.9 Å². The first kappa shape index (κ1) is 13.5. The van der Waals surface area contributed by atoms with Crippen molar-refractivity contribution >= 4 is 6.40 Å². The molecule has 0 bridgehead atoms. The van der Waals surface area contributed by atoms with Crippen LogP contribution in [0.2, 0.25) is 0 Å². The molecule has 0 saturated carbocycles. The van der Waals surface area contributed by atoms with Crippen LogP contribution in [0.5, 0.6) is 0 Å². The van der Waals surface area contributed by atoms with E-state index in [1.807, 2.05) is 25.3 Å². The average Bonchev–Trinajstić information content (AvgIpc) is 2.31. The highest BCUT2D eigenvalue weighted by atomic mass is 16.5. The highest BCUT2D eigenvalue weighted by molar-refractivity contribution is 5.36. The van der Waals surface area contributed by atoms with Crippen LogP contribution < -0.4 is 0 Å². The van der Waals surface area contributed by atoms with Crippen molar-refractivity contribution in [3.63, 3.8) is 0 Å². The summed E-state index contributed by atoms with van der Waals surface area (Å²) in [5.74, 6) is 0. The molecule has 4 nitrogen and oxygen atoms in total. The number of rotatable bonds is 2. The molecule has 3 atom stereocenters. The number of hydrogen-bond donors (Lipinski definition) is 2. The zero-order valence-electron chi connectivity index (χ0n) is 11.1. The third kappa shape index (κ3) is 1.74. The van der Waals surface area contributed by atoms with Crippen LogP contribution in [0.15, 0.2) is 0 Å². The molecule has 1 fully saturated rings. The van der Waals surface area contributed by atoms with Gasteiger partial charge in [-0.1, -0.05) is 13.8 Å². The molecule has 2 N–H and O–H groups in total. The van der Waals surface area contributed by atoms with E-state index >= 15 is 0 Å². The molecule has 1 rings (SSSR count). The third-order valence-electron chi connectivity index (χ3n) is 4.54. The predicted molar refractivity (Wildman–Crippen MR) is 64.3 cm³/mol. The van der Waals surface area contributed by atoms with E-state index in [0.717, 1.165) is 19.2 Å². The van der Waals surface area contributed by atoms with Crippen LogP contribution in [0.1, 0.15) is 47.5 Å². The Morgan fingerprint density at radius 2 is 1.94 bits per heavy atom. The van der Waals surface area contributed by atoms with Crippen molar-refractivity contribution in [3.8, 4) is 0 Å². The van der Waals surface area contributed by atoms with E-state index in [9.17, 15) is 10.3 Å². The molecule has 0 aromatic heterocycles. The standard InChI is InChI=1S/C12H24N2O2/c1-6-11(4)8-13(9-15)10(3)12(5,7-2)14(11)16/h9-10,16H,6-8H2,1-5H3/p+1. The van der Waals surface area contributed by atoms with Gasteiger partial charge in [0.1, 0.15) is 11.1 Å². The Bertz CT molecular complexity index is 293. The molecule has 0 amide bonds. The van der Waals surface area contributed by atoms with Crippen LogP contribution in [0.25, 0.3) is 0 Å². The van der Waals surface area contributed by atoms with Gasteiger partial charge in [-0.15, -0.1) is 0 Å². The van der Waals surface area contributed by atoms with Gasteiger partial charge in [-0.25, -0.2) is 0 Å². The molecule has 16 heavy (non-hydrogen) atoms. The lowest BCUT2D eigenvalue weighted by Gasteiger charge is -2.51. The van der Waals surface area contributed by atoms with Gasteiger partial charge in [0.15, 0.2) is 12.6 Å². The minimum absolute atomic E-state index is 0.0899. The summed E-state index contributed by atoms with van der Waals surface area (Å²) in [6.07, 6.45) is 2.83. The Hall–Kier alpha value is -0.610. The molecule has 94 valence electrons. The summed E-state index contributed by atoms with van der Waals surface area (Å²) in [7, 11) is 0. The molecule has 0 aromatic rings. The number of hydrogen-bond acceptors (Lipinski definition) is 2. The van der Waals surface area contributed by atoms with E-state index < -0.39 is 0 Å². The molecule has 3 unspecified atom stereocenters. The van der Waals surface area contributed by atoms with Crippen molar-refractivity contribution in [2.24, 2.45) is 0 Å². The normalized spacial score (nSPS) is 43.9. The Balaban J connectivity index is 3.18. The van der Waals surface area contributed by atoms with Crippen molar-refractivity contribution in [2.75, 3.05) is 6.54 Å². The van der Waals surface area contributed by atoms with Gasteiger partial charge in [-0.3, -0.25) is 0 Å². The summed E-state index contributed by atoms with van der Waals surface area (Å²) in [4.78, 5) is 0. The highest BCUT2D eigenvalue weighted by Crippen LogP contribution is 2.36. The molecule has 1 saturated heterocycles. The molecule has 1 aliphatic rings. The van der Waals surface area contributed by atoms with E-state index in [-0.39, 0.29) is 17.1 Å². The van der Waals surface area contributed by atoms with Gasteiger partial charge < -0.3 is 10.3 Å². The maximum Gasteiger partial charge on any atom is 0.321 e. The summed E-state index contributed by atoms with van der Waals surface area (Å²) >= 11 is 0. The topological polar surface area (TPSA) is 46.7 Å². The molecule has 0 aromatic carbocycles. The summed E-state index contributed by atoms with van der Waals surface area (Å²) in [5.41, 5.74) is -0.640. The van der Waals surface area contributed by atoms with Gasteiger partial charge in [0, 0.05) is 0 Å². The van der Waals surface area contributed by atoms with Crippen LogP contribution >= 0.6 is 0 Å². The minimum Gasteiger partial charge on any atom is -0.466 e. The number of nitrogens with zero attached hydrogens (tertiary/aromatic N) is 2. The fourth-order valence-corrected chi connectivity index (χ4v) is 2.60. The lowest BCUT2D eigenvalue weighted by Crippen LogP contribution is -2.70. The van der Waals surface area contributed by atoms with Crippen molar-refractivity contribution in [1.82, 2.24) is 5.06 Å². The lowest BCUT2D eigenvalue weighted by atomic mass is 9.80. The van der Waals surface area contributed by atoms with Crippen molar-refractivity contribution in [1.29, 1.82) is 0 Å². The molecule has 1 heterocycles. The number of hydroxylamine groups is 2. The minimum atomic E-state index is -0.331. The monoisotopic (exact) mass is 229 g/mol. The van der Waals surface area contributed by atoms with E-state index in [4.69, 9.17) is 0 Å². The van der Waals surface area contributed by atoms with Crippen LogP contribution in [0, 0.1) is 0 Å². The molecular weight excluding hydrogens is 204 g/mol. The zero-order chi connectivity index (χ0) is 12.6. The van der Waals surface area contributed by atoms with Gasteiger partial charge >= 0.3 is 6.40 Å². The summed E-state index contributed by atoms with van der Waals surface area (Å²) in [6.45, 7) is 10.9. The summed E-state index contributed by atoms with van der Waals surface area (Å²) in [5, 5.41) is 21.3. The smallest absolute Gasteiger partial charge is 0.321 e. The largest absolute Gasteiger partial charge is 0.466 e. The molecule has 0 radical (unpaired) electrons. The molecule has 0 aliphatic carbocycles. The lowest BCUT2D eigenvalue weighted by molar-refractivity contribution is -0.624. The van der Waals surface area contributed by atoms with Crippen LogP contribution in [-0.2, 0) is 0 Å². The Kier molecular flexibility index (Phi) is 3.65. The average molecular weight is 229 g/mol. The maximum atomic E-state index is 10.4. The van der Waals surface area contributed by atoms with Gasteiger partial charge in [0.2, 0.25) is 0 Å². The third-order valence-corrected chi connectivity index (χ3v) is 4.54. The number of aliphatic hydroxyl groups is 1. The van der Waals surface area contributed by atoms with Crippen LogP contribution in [0.4, 0.5) is 0 Å². The zero-order valence-corrected chi connectivity index (χ0v) is 11.1. The second kappa shape index (κ2) is 4.34. The van der Waals surface area contributed by atoms with Gasteiger partial charge in [-0.05, 0) is 33.6 Å². The van der Waals surface area contributed by atoms with Gasteiger partial charge in [0.25, 0.3) is 0 Å². The number of piperazine rings is 1. The Labute approximate surface area is 98.2 Å². The van der Waals surface area contributed by atoms with Crippen molar-refractivity contribution in [3.05, 3.63) is 0 Å². The van der Waals surface area contributed by atoms with Crippen molar-refractivity contribution in [2.45, 2.75) is 64.6 Å². The first-order valence-electron chi connectivity index (χ1n) is 6.08. The molecule has 4 heteroatoms. The SMILES string of the molecule is CCC1(C)C[N+](=CO)C(C)C(C)(CC)N1O. The Morgan fingerprint density at radius 1 is 1.38 bits per heavy atom. The highest BCUT2D eigenvalue weighted by Gasteiger charge is 2.55. The van der Waals surface area contributed by atoms with E-state index in [1.165, 1.54) is 5.06 Å².